The Kier molecular flexibility index (Phi) is 3.85. The highest BCUT2D eigenvalue weighted by atomic mass is 32.2. The maximum Gasteiger partial charge on any atom is 0.241 e. The number of hydrogen-bond donors (Lipinski definition) is 3. The highest BCUT2D eigenvalue weighted by Gasteiger charge is 2.37. The summed E-state index contributed by atoms with van der Waals surface area (Å²) in [6.45, 7) is 1.65. The average molecular weight is 284 g/mol. The highest BCUT2D eigenvalue weighted by molar-refractivity contribution is 7.89. The first-order valence-electron chi connectivity index (χ1n) is 6.40. The summed E-state index contributed by atoms with van der Waals surface area (Å²) in [7, 11) is -3.64. The number of rotatable bonds is 4. The molecule has 0 spiro atoms. The van der Waals surface area contributed by atoms with Crippen LogP contribution in [0.1, 0.15) is 31.2 Å². The number of nitrogen functional groups attached to an aromatic ring is 1. The second-order valence-electron chi connectivity index (χ2n) is 5.27. The molecule has 4 N–H and O–H groups in total. The Morgan fingerprint density at radius 1 is 1.37 bits per heavy atom. The van der Waals surface area contributed by atoms with Gasteiger partial charge < -0.3 is 10.8 Å². The van der Waals surface area contributed by atoms with Gasteiger partial charge in [0.2, 0.25) is 10.0 Å². The summed E-state index contributed by atoms with van der Waals surface area (Å²) in [6, 6.07) is 4.68. The van der Waals surface area contributed by atoms with E-state index in [1.807, 2.05) is 6.92 Å². The van der Waals surface area contributed by atoms with E-state index < -0.39 is 15.6 Å². The van der Waals surface area contributed by atoms with Crippen LogP contribution in [-0.4, -0.2) is 25.7 Å². The first-order chi connectivity index (χ1) is 8.88. The summed E-state index contributed by atoms with van der Waals surface area (Å²) in [5.74, 6) is 0. The van der Waals surface area contributed by atoms with E-state index in [1.54, 1.807) is 6.07 Å². The van der Waals surface area contributed by atoms with Crippen molar-refractivity contribution in [3.63, 3.8) is 0 Å². The predicted molar refractivity (Wildman–Crippen MR) is 74.2 cm³/mol. The van der Waals surface area contributed by atoms with Gasteiger partial charge in [-0.05, 0) is 37.5 Å². The van der Waals surface area contributed by atoms with Crippen LogP contribution in [0.3, 0.4) is 0 Å². The fourth-order valence-electron chi connectivity index (χ4n) is 2.47. The molecule has 2 rings (SSSR count). The van der Waals surface area contributed by atoms with Crippen LogP contribution in [0.25, 0.3) is 0 Å². The van der Waals surface area contributed by atoms with Crippen molar-refractivity contribution in [1.29, 1.82) is 0 Å². The second kappa shape index (κ2) is 5.11. The Labute approximate surface area is 113 Å². The van der Waals surface area contributed by atoms with Crippen LogP contribution in [0.4, 0.5) is 5.69 Å². The molecule has 0 heterocycles. The summed E-state index contributed by atoms with van der Waals surface area (Å²) in [4.78, 5) is 0.148. The molecule has 1 saturated carbocycles. The van der Waals surface area contributed by atoms with Gasteiger partial charge in [0.1, 0.15) is 0 Å². The van der Waals surface area contributed by atoms with Crippen molar-refractivity contribution in [2.75, 3.05) is 12.3 Å². The van der Waals surface area contributed by atoms with Crippen LogP contribution in [-0.2, 0) is 10.0 Å². The quantitative estimate of drug-likeness (QED) is 0.723. The summed E-state index contributed by atoms with van der Waals surface area (Å²) in [5.41, 5.74) is 6.33. The number of nitrogens with one attached hydrogen (secondary N) is 1. The maximum absolute atomic E-state index is 12.3. The van der Waals surface area contributed by atoms with Crippen LogP contribution in [0, 0.1) is 6.92 Å². The molecular weight excluding hydrogens is 264 g/mol. The Morgan fingerprint density at radius 2 is 2.00 bits per heavy atom. The number of hydrogen-bond acceptors (Lipinski definition) is 4. The van der Waals surface area contributed by atoms with Gasteiger partial charge in [-0.2, -0.15) is 0 Å². The van der Waals surface area contributed by atoms with Crippen molar-refractivity contribution in [3.05, 3.63) is 23.8 Å². The van der Waals surface area contributed by atoms with Gasteiger partial charge in [0.25, 0.3) is 0 Å². The van der Waals surface area contributed by atoms with Gasteiger partial charge in [0.05, 0.1) is 17.0 Å². The SMILES string of the molecule is Cc1ccc(S(=O)(=O)NC2(CO)CCCC2)cc1N. The summed E-state index contributed by atoms with van der Waals surface area (Å²) in [5, 5.41) is 9.47. The number of anilines is 1. The minimum atomic E-state index is -3.64. The molecule has 0 atom stereocenters. The van der Waals surface area contributed by atoms with Crippen LogP contribution in [0.2, 0.25) is 0 Å². The molecule has 0 radical (unpaired) electrons. The maximum atomic E-state index is 12.3. The van der Waals surface area contributed by atoms with Crippen molar-refractivity contribution in [2.24, 2.45) is 0 Å². The Bertz CT molecular complexity index is 563. The number of aliphatic hydroxyl groups is 1. The van der Waals surface area contributed by atoms with Crippen LogP contribution in [0.15, 0.2) is 23.1 Å². The third-order valence-corrected chi connectivity index (χ3v) is 5.35. The topological polar surface area (TPSA) is 92.4 Å². The molecule has 0 amide bonds. The fourth-order valence-corrected chi connectivity index (χ4v) is 3.96. The first-order valence-corrected chi connectivity index (χ1v) is 7.88. The standard InChI is InChI=1S/C13H20N2O3S/c1-10-4-5-11(8-12(10)14)19(17,18)15-13(9-16)6-2-3-7-13/h4-5,8,15-16H,2-3,6-7,9,14H2,1H3. The van der Waals surface area contributed by atoms with Crippen molar-refractivity contribution in [1.82, 2.24) is 4.72 Å². The van der Waals surface area contributed by atoms with Crippen molar-refractivity contribution >= 4 is 15.7 Å². The number of nitrogens with two attached hydrogens (primary N) is 1. The van der Waals surface area contributed by atoms with Gasteiger partial charge in [-0.1, -0.05) is 18.9 Å². The second-order valence-corrected chi connectivity index (χ2v) is 6.95. The van der Waals surface area contributed by atoms with Gasteiger partial charge in [-0.25, -0.2) is 13.1 Å². The highest BCUT2D eigenvalue weighted by Crippen LogP contribution is 2.31. The van der Waals surface area contributed by atoms with E-state index in [0.29, 0.717) is 18.5 Å². The average Bonchev–Trinajstić information content (AvgIpc) is 2.81. The molecule has 0 aliphatic heterocycles. The normalized spacial score (nSPS) is 18.6. The summed E-state index contributed by atoms with van der Waals surface area (Å²) in [6.07, 6.45) is 3.20. The van der Waals surface area contributed by atoms with Crippen molar-refractivity contribution < 1.29 is 13.5 Å². The van der Waals surface area contributed by atoms with E-state index >= 15 is 0 Å². The molecule has 1 aromatic rings. The lowest BCUT2D eigenvalue weighted by Gasteiger charge is -2.27. The van der Waals surface area contributed by atoms with Gasteiger partial charge in [0, 0.05) is 5.69 Å². The zero-order chi connectivity index (χ0) is 14.1. The number of aryl methyl sites for hydroxylation is 1. The fraction of sp³-hybridized carbons (Fsp3) is 0.538. The number of sulfonamides is 1. The number of aliphatic hydroxyl groups excluding tert-OH is 1. The molecule has 1 fully saturated rings. The molecule has 0 aromatic heterocycles. The predicted octanol–water partition coefficient (Wildman–Crippen LogP) is 1.16. The Balaban J connectivity index is 2.29. The molecule has 6 heteroatoms. The first kappa shape index (κ1) is 14.3. The largest absolute Gasteiger partial charge is 0.398 e. The molecule has 0 bridgehead atoms. The lowest BCUT2D eigenvalue weighted by Crippen LogP contribution is -2.49. The van der Waals surface area contributed by atoms with Crippen molar-refractivity contribution in [2.45, 2.75) is 43.0 Å². The van der Waals surface area contributed by atoms with E-state index in [9.17, 15) is 13.5 Å². The molecular formula is C13H20N2O3S. The third-order valence-electron chi connectivity index (χ3n) is 3.78. The Hall–Kier alpha value is -1.11. The lowest BCUT2D eigenvalue weighted by molar-refractivity contribution is 0.185. The minimum Gasteiger partial charge on any atom is -0.398 e. The van der Waals surface area contributed by atoms with E-state index in [2.05, 4.69) is 4.72 Å². The van der Waals surface area contributed by atoms with E-state index in [0.717, 1.165) is 18.4 Å². The summed E-state index contributed by atoms with van der Waals surface area (Å²) < 4.78 is 27.3. The zero-order valence-electron chi connectivity index (χ0n) is 11.0. The zero-order valence-corrected chi connectivity index (χ0v) is 11.8. The van der Waals surface area contributed by atoms with Gasteiger partial charge in [0.15, 0.2) is 0 Å². The van der Waals surface area contributed by atoms with Crippen LogP contribution >= 0.6 is 0 Å². The summed E-state index contributed by atoms with van der Waals surface area (Å²) >= 11 is 0. The molecule has 1 aromatic carbocycles. The van der Waals surface area contributed by atoms with Crippen LogP contribution < -0.4 is 10.5 Å². The minimum absolute atomic E-state index is 0.148. The molecule has 0 unspecified atom stereocenters. The van der Waals surface area contributed by atoms with Crippen LogP contribution in [0.5, 0.6) is 0 Å². The number of benzene rings is 1. The molecule has 5 nitrogen and oxygen atoms in total. The van der Waals surface area contributed by atoms with E-state index in [1.165, 1.54) is 12.1 Å². The Morgan fingerprint density at radius 3 is 2.53 bits per heavy atom. The smallest absolute Gasteiger partial charge is 0.241 e. The molecule has 19 heavy (non-hydrogen) atoms. The third kappa shape index (κ3) is 2.91. The molecule has 0 saturated heterocycles. The molecule has 1 aliphatic carbocycles. The van der Waals surface area contributed by atoms with Gasteiger partial charge in [-0.3, -0.25) is 0 Å². The van der Waals surface area contributed by atoms with E-state index in [4.69, 9.17) is 5.73 Å². The monoisotopic (exact) mass is 284 g/mol. The lowest BCUT2D eigenvalue weighted by atomic mass is 10.0. The van der Waals surface area contributed by atoms with Crippen molar-refractivity contribution in [3.8, 4) is 0 Å². The molecule has 106 valence electrons. The van der Waals surface area contributed by atoms with E-state index in [-0.39, 0.29) is 11.5 Å². The van der Waals surface area contributed by atoms with Gasteiger partial charge >= 0.3 is 0 Å². The molecule has 1 aliphatic rings. The van der Waals surface area contributed by atoms with Gasteiger partial charge in [-0.15, -0.1) is 0 Å².